The third-order valence-corrected chi connectivity index (χ3v) is 4.52. The van der Waals surface area contributed by atoms with Crippen LogP contribution < -0.4 is 5.32 Å². The summed E-state index contributed by atoms with van der Waals surface area (Å²) in [5, 5.41) is 4.15. The minimum atomic E-state index is 0.528. The Kier molecular flexibility index (Phi) is 2.84. The number of pyridine rings is 1. The van der Waals surface area contributed by atoms with Crippen LogP contribution in [0.15, 0.2) is 16.7 Å². The van der Waals surface area contributed by atoms with E-state index in [-0.39, 0.29) is 0 Å². The summed E-state index contributed by atoms with van der Waals surface area (Å²) >= 11 is 9.29. The van der Waals surface area contributed by atoms with Crippen LogP contribution in [-0.4, -0.2) is 11.0 Å². The number of anilines is 1. The molecular formula is C12H14BrClN2. The molecule has 1 heterocycles. The van der Waals surface area contributed by atoms with E-state index in [1.54, 1.807) is 0 Å². The van der Waals surface area contributed by atoms with E-state index in [0.29, 0.717) is 11.2 Å². The highest BCUT2D eigenvalue weighted by atomic mass is 79.9. The van der Waals surface area contributed by atoms with Gasteiger partial charge in [0, 0.05) is 6.04 Å². The van der Waals surface area contributed by atoms with E-state index in [0.717, 1.165) is 22.0 Å². The molecule has 2 aliphatic rings. The predicted octanol–water partition coefficient (Wildman–Crippen LogP) is 4.10. The highest BCUT2D eigenvalue weighted by Gasteiger charge is 2.41. The van der Waals surface area contributed by atoms with Crippen molar-refractivity contribution in [1.29, 1.82) is 0 Å². The van der Waals surface area contributed by atoms with Gasteiger partial charge in [-0.3, -0.25) is 0 Å². The average molecular weight is 302 g/mol. The summed E-state index contributed by atoms with van der Waals surface area (Å²) in [7, 11) is 0. The Hall–Kier alpha value is -0.280. The number of aromatic nitrogens is 1. The maximum Gasteiger partial charge on any atom is 0.143 e. The summed E-state index contributed by atoms with van der Waals surface area (Å²) in [6.45, 7) is 0. The van der Waals surface area contributed by atoms with E-state index in [2.05, 4.69) is 26.2 Å². The van der Waals surface area contributed by atoms with Crippen molar-refractivity contribution < 1.29 is 0 Å². The zero-order valence-corrected chi connectivity index (χ0v) is 11.3. The number of rotatable bonds is 4. The van der Waals surface area contributed by atoms with Crippen molar-refractivity contribution in [2.75, 3.05) is 5.32 Å². The summed E-state index contributed by atoms with van der Waals surface area (Å²) in [5.41, 5.74) is 1.08. The molecule has 4 heteroatoms. The Morgan fingerprint density at radius 3 is 2.44 bits per heavy atom. The Labute approximate surface area is 109 Å². The smallest absolute Gasteiger partial charge is 0.143 e. The van der Waals surface area contributed by atoms with Crippen LogP contribution in [0, 0.1) is 11.8 Å². The van der Waals surface area contributed by atoms with E-state index < -0.39 is 0 Å². The number of nitrogens with zero attached hydrogens (tertiary/aromatic N) is 1. The minimum absolute atomic E-state index is 0.528. The first kappa shape index (κ1) is 10.8. The standard InChI is InChI=1S/C12H14BrClN2/c13-10-5-9(6-15-12(10)14)16-11(7-1-2-7)8-3-4-8/h5-8,11,16H,1-4H2. The van der Waals surface area contributed by atoms with Crippen LogP contribution in [0.2, 0.25) is 5.15 Å². The molecule has 0 radical (unpaired) electrons. The molecule has 86 valence electrons. The highest BCUT2D eigenvalue weighted by Crippen LogP contribution is 2.46. The number of nitrogens with one attached hydrogen (secondary N) is 1. The van der Waals surface area contributed by atoms with Gasteiger partial charge in [-0.1, -0.05) is 11.6 Å². The SMILES string of the molecule is Clc1ncc(NC(C2CC2)C2CC2)cc1Br. The van der Waals surface area contributed by atoms with E-state index in [9.17, 15) is 0 Å². The molecule has 2 nitrogen and oxygen atoms in total. The zero-order chi connectivity index (χ0) is 11.1. The molecule has 1 aromatic heterocycles. The largest absolute Gasteiger partial charge is 0.380 e. The zero-order valence-electron chi connectivity index (χ0n) is 8.92. The first-order valence-corrected chi connectivity index (χ1v) is 6.99. The molecule has 0 bridgehead atoms. The first-order chi connectivity index (χ1) is 7.74. The third-order valence-electron chi connectivity index (χ3n) is 3.39. The normalized spacial score (nSPS) is 20.2. The second kappa shape index (κ2) is 4.19. The van der Waals surface area contributed by atoms with Gasteiger partial charge in [0.25, 0.3) is 0 Å². The Morgan fingerprint density at radius 2 is 1.94 bits per heavy atom. The fourth-order valence-corrected chi connectivity index (χ4v) is 2.68. The Balaban J connectivity index is 1.73. The van der Waals surface area contributed by atoms with Gasteiger partial charge in [-0.25, -0.2) is 4.98 Å². The van der Waals surface area contributed by atoms with Crippen molar-refractivity contribution in [3.8, 4) is 0 Å². The highest BCUT2D eigenvalue weighted by molar-refractivity contribution is 9.10. The van der Waals surface area contributed by atoms with Crippen molar-refractivity contribution in [3.63, 3.8) is 0 Å². The van der Waals surface area contributed by atoms with E-state index in [4.69, 9.17) is 11.6 Å². The van der Waals surface area contributed by atoms with Crippen molar-refractivity contribution in [3.05, 3.63) is 21.9 Å². The fraction of sp³-hybridized carbons (Fsp3) is 0.583. The van der Waals surface area contributed by atoms with Crippen LogP contribution >= 0.6 is 27.5 Å². The molecule has 0 saturated heterocycles. The average Bonchev–Trinajstić information content (AvgIpc) is 3.14. The van der Waals surface area contributed by atoms with Gasteiger partial charge in [0.1, 0.15) is 5.15 Å². The molecular weight excluding hydrogens is 288 g/mol. The molecule has 16 heavy (non-hydrogen) atoms. The lowest BCUT2D eigenvalue weighted by atomic mass is 10.1. The van der Waals surface area contributed by atoms with Crippen LogP contribution in [0.4, 0.5) is 5.69 Å². The van der Waals surface area contributed by atoms with E-state index in [1.165, 1.54) is 25.7 Å². The van der Waals surface area contributed by atoms with E-state index in [1.807, 2.05) is 12.3 Å². The van der Waals surface area contributed by atoms with Gasteiger partial charge in [-0.2, -0.15) is 0 Å². The van der Waals surface area contributed by atoms with Gasteiger partial charge in [0.15, 0.2) is 0 Å². The molecule has 1 aromatic rings. The fourth-order valence-electron chi connectivity index (χ4n) is 2.22. The van der Waals surface area contributed by atoms with Crippen molar-refractivity contribution >= 4 is 33.2 Å². The van der Waals surface area contributed by atoms with Crippen LogP contribution in [0.3, 0.4) is 0 Å². The second-order valence-electron chi connectivity index (χ2n) is 4.84. The molecule has 3 rings (SSSR count). The number of halogens is 2. The van der Waals surface area contributed by atoms with Gasteiger partial charge in [-0.15, -0.1) is 0 Å². The molecule has 2 fully saturated rings. The molecule has 0 aromatic carbocycles. The van der Waals surface area contributed by atoms with Gasteiger partial charge in [-0.05, 0) is 59.5 Å². The van der Waals surface area contributed by atoms with Crippen LogP contribution in [0.25, 0.3) is 0 Å². The Bertz CT molecular complexity index is 390. The van der Waals surface area contributed by atoms with Gasteiger partial charge in [0.05, 0.1) is 16.4 Å². The lowest BCUT2D eigenvalue weighted by Crippen LogP contribution is -2.24. The molecule has 0 spiro atoms. The van der Waals surface area contributed by atoms with Crippen molar-refractivity contribution in [2.45, 2.75) is 31.7 Å². The first-order valence-electron chi connectivity index (χ1n) is 5.81. The van der Waals surface area contributed by atoms with E-state index >= 15 is 0 Å². The molecule has 0 atom stereocenters. The van der Waals surface area contributed by atoms with Crippen molar-refractivity contribution in [2.24, 2.45) is 11.8 Å². The molecule has 2 aliphatic carbocycles. The molecule has 0 unspecified atom stereocenters. The van der Waals surface area contributed by atoms with Crippen LogP contribution in [0.5, 0.6) is 0 Å². The summed E-state index contributed by atoms with van der Waals surface area (Å²) in [4.78, 5) is 4.15. The van der Waals surface area contributed by atoms with Crippen LogP contribution in [-0.2, 0) is 0 Å². The number of hydrogen-bond acceptors (Lipinski definition) is 2. The summed E-state index contributed by atoms with van der Waals surface area (Å²) in [6.07, 6.45) is 7.37. The quantitative estimate of drug-likeness (QED) is 0.847. The predicted molar refractivity (Wildman–Crippen MR) is 69.8 cm³/mol. The van der Waals surface area contributed by atoms with Gasteiger partial charge in [0.2, 0.25) is 0 Å². The molecule has 0 aliphatic heterocycles. The Morgan fingerprint density at radius 1 is 1.31 bits per heavy atom. The maximum atomic E-state index is 5.88. The number of hydrogen-bond donors (Lipinski definition) is 1. The van der Waals surface area contributed by atoms with Gasteiger partial charge < -0.3 is 5.32 Å². The monoisotopic (exact) mass is 300 g/mol. The summed E-state index contributed by atoms with van der Waals surface area (Å²) in [6, 6.07) is 2.68. The maximum absolute atomic E-state index is 5.88. The molecule has 1 N–H and O–H groups in total. The molecule has 0 amide bonds. The van der Waals surface area contributed by atoms with Crippen LogP contribution in [0.1, 0.15) is 25.7 Å². The summed E-state index contributed by atoms with van der Waals surface area (Å²) in [5.74, 6) is 1.78. The van der Waals surface area contributed by atoms with Crippen molar-refractivity contribution in [1.82, 2.24) is 4.98 Å². The topological polar surface area (TPSA) is 24.9 Å². The molecule has 2 saturated carbocycles. The lowest BCUT2D eigenvalue weighted by molar-refractivity contribution is 0.567. The summed E-state index contributed by atoms with van der Waals surface area (Å²) < 4.78 is 0.865. The third kappa shape index (κ3) is 2.35. The van der Waals surface area contributed by atoms with Gasteiger partial charge >= 0.3 is 0 Å². The second-order valence-corrected chi connectivity index (χ2v) is 6.05. The lowest BCUT2D eigenvalue weighted by Gasteiger charge is -2.19. The minimum Gasteiger partial charge on any atom is -0.380 e.